The monoisotopic (exact) mass is 327 g/mol. The summed E-state index contributed by atoms with van der Waals surface area (Å²) in [4.78, 5) is 12.1. The Morgan fingerprint density at radius 3 is 2.75 bits per heavy atom. The average Bonchev–Trinajstić information content (AvgIpc) is 2.98. The largest absolute Gasteiger partial charge is 0.394 e. The first kappa shape index (κ1) is 16.1. The summed E-state index contributed by atoms with van der Waals surface area (Å²) in [5.74, 6) is -1.19. The lowest BCUT2D eigenvalue weighted by molar-refractivity contribution is 0.0865. The molecule has 0 aliphatic rings. The van der Waals surface area contributed by atoms with Gasteiger partial charge in [-0.25, -0.2) is 8.91 Å². The Kier molecular flexibility index (Phi) is 4.07. The van der Waals surface area contributed by atoms with Gasteiger partial charge in [0.25, 0.3) is 5.91 Å². The third-order valence-corrected chi connectivity index (χ3v) is 3.73. The highest BCUT2D eigenvalue weighted by Crippen LogP contribution is 2.22. The molecular weight excluding hydrogens is 309 g/mol. The van der Waals surface area contributed by atoms with E-state index in [1.54, 1.807) is 24.4 Å². The summed E-state index contributed by atoms with van der Waals surface area (Å²) in [7, 11) is 0. The molecule has 0 spiro atoms. The third kappa shape index (κ3) is 3.14. The summed E-state index contributed by atoms with van der Waals surface area (Å²) in [6.07, 6.45) is 1.81. The van der Waals surface area contributed by atoms with E-state index in [-0.39, 0.29) is 12.2 Å². The zero-order valence-corrected chi connectivity index (χ0v) is 13.5. The number of halogens is 1. The van der Waals surface area contributed by atoms with Crippen LogP contribution in [0.15, 0.2) is 48.7 Å². The predicted octanol–water partition coefficient (Wildman–Crippen LogP) is 2.64. The molecule has 0 aliphatic carbocycles. The van der Waals surface area contributed by atoms with Gasteiger partial charge < -0.3 is 10.4 Å². The molecule has 24 heavy (non-hydrogen) atoms. The van der Waals surface area contributed by atoms with E-state index in [1.807, 2.05) is 30.5 Å². The van der Waals surface area contributed by atoms with Crippen LogP contribution in [0, 0.1) is 5.82 Å². The summed E-state index contributed by atoms with van der Waals surface area (Å²) in [5.41, 5.74) is 1.24. The first-order valence-electron chi connectivity index (χ1n) is 7.57. The highest BCUT2D eigenvalue weighted by molar-refractivity contribution is 5.95. The van der Waals surface area contributed by atoms with E-state index < -0.39 is 17.3 Å². The summed E-state index contributed by atoms with van der Waals surface area (Å²) >= 11 is 0. The van der Waals surface area contributed by atoms with Crippen molar-refractivity contribution in [3.05, 3.63) is 60.0 Å². The number of aliphatic hydroxyl groups excluding tert-OH is 1. The number of fused-ring (bicyclic) bond motifs is 1. The van der Waals surface area contributed by atoms with Gasteiger partial charge in [0.05, 0.1) is 28.9 Å². The van der Waals surface area contributed by atoms with Gasteiger partial charge in [-0.05, 0) is 44.2 Å². The van der Waals surface area contributed by atoms with Crippen LogP contribution in [0.2, 0.25) is 0 Å². The van der Waals surface area contributed by atoms with E-state index in [2.05, 4.69) is 10.4 Å². The van der Waals surface area contributed by atoms with Crippen molar-refractivity contribution in [1.82, 2.24) is 14.9 Å². The zero-order chi connectivity index (χ0) is 17.3. The quantitative estimate of drug-likeness (QED) is 0.774. The number of pyridine rings is 1. The summed E-state index contributed by atoms with van der Waals surface area (Å²) < 4.78 is 16.1. The maximum absolute atomic E-state index is 14.4. The number of benzene rings is 1. The molecule has 0 bridgehead atoms. The number of carbonyl (C=O) groups excluding carboxylic acids is 1. The second kappa shape index (κ2) is 6.05. The number of nitrogens with zero attached hydrogens (tertiary/aromatic N) is 2. The Balaban J connectivity index is 1.91. The normalized spacial score (nSPS) is 11.7. The second-order valence-corrected chi connectivity index (χ2v) is 6.29. The van der Waals surface area contributed by atoms with Crippen molar-refractivity contribution < 1.29 is 14.3 Å². The Bertz CT molecular complexity index is 869. The van der Waals surface area contributed by atoms with Crippen molar-refractivity contribution in [1.29, 1.82) is 0 Å². The van der Waals surface area contributed by atoms with Gasteiger partial charge in [0, 0.05) is 11.8 Å². The Hall–Kier alpha value is -2.73. The molecule has 0 unspecified atom stereocenters. The van der Waals surface area contributed by atoms with Crippen LogP contribution in [0.25, 0.3) is 16.8 Å². The standard InChI is InChI=1S/C18H18FN3O2/c1-18(2,11-23)20-17(24)14-7-6-12(9-15(14)19)16-10-13-5-3-4-8-22(13)21-16/h3-10,23H,11H2,1-2H3,(H,20,24). The number of aliphatic hydroxyl groups is 1. The van der Waals surface area contributed by atoms with Gasteiger partial charge in [0.15, 0.2) is 0 Å². The minimum Gasteiger partial charge on any atom is -0.394 e. The van der Waals surface area contributed by atoms with E-state index in [4.69, 9.17) is 0 Å². The minimum absolute atomic E-state index is 0.0657. The lowest BCUT2D eigenvalue weighted by Gasteiger charge is -2.23. The molecule has 0 atom stereocenters. The number of hydrogen-bond acceptors (Lipinski definition) is 3. The number of rotatable bonds is 4. The SMILES string of the molecule is CC(C)(CO)NC(=O)c1ccc(-c2cc3ccccn3n2)cc1F. The topological polar surface area (TPSA) is 66.6 Å². The number of nitrogens with one attached hydrogen (secondary N) is 1. The second-order valence-electron chi connectivity index (χ2n) is 6.29. The molecular formula is C18H18FN3O2. The molecule has 1 aromatic carbocycles. The Morgan fingerprint density at radius 2 is 2.08 bits per heavy atom. The fourth-order valence-electron chi connectivity index (χ4n) is 2.35. The van der Waals surface area contributed by atoms with Crippen molar-refractivity contribution in [3.8, 4) is 11.3 Å². The fourth-order valence-corrected chi connectivity index (χ4v) is 2.35. The van der Waals surface area contributed by atoms with E-state index >= 15 is 0 Å². The van der Waals surface area contributed by atoms with Crippen molar-refractivity contribution >= 4 is 11.4 Å². The number of hydrogen-bond donors (Lipinski definition) is 2. The molecule has 0 radical (unpaired) electrons. The molecule has 1 amide bonds. The Morgan fingerprint density at radius 1 is 1.29 bits per heavy atom. The number of amides is 1. The van der Waals surface area contributed by atoms with E-state index in [0.717, 1.165) is 5.52 Å². The van der Waals surface area contributed by atoms with Crippen LogP contribution >= 0.6 is 0 Å². The lowest BCUT2D eigenvalue weighted by Crippen LogP contribution is -2.46. The van der Waals surface area contributed by atoms with Crippen LogP contribution in [0.4, 0.5) is 4.39 Å². The fraction of sp³-hybridized carbons (Fsp3) is 0.222. The van der Waals surface area contributed by atoms with Crippen LogP contribution in [-0.2, 0) is 0 Å². The van der Waals surface area contributed by atoms with Gasteiger partial charge in [0.2, 0.25) is 0 Å². The molecule has 2 heterocycles. The highest BCUT2D eigenvalue weighted by Gasteiger charge is 2.22. The van der Waals surface area contributed by atoms with Gasteiger partial charge in [-0.1, -0.05) is 12.1 Å². The van der Waals surface area contributed by atoms with Crippen molar-refractivity contribution in [2.75, 3.05) is 6.61 Å². The average molecular weight is 327 g/mol. The van der Waals surface area contributed by atoms with Gasteiger partial charge in [-0.3, -0.25) is 4.79 Å². The molecule has 0 aliphatic heterocycles. The van der Waals surface area contributed by atoms with Gasteiger partial charge in [-0.2, -0.15) is 5.10 Å². The maximum Gasteiger partial charge on any atom is 0.254 e. The lowest BCUT2D eigenvalue weighted by atomic mass is 10.0. The van der Waals surface area contributed by atoms with E-state index in [1.165, 1.54) is 12.1 Å². The van der Waals surface area contributed by atoms with Crippen LogP contribution in [-0.4, -0.2) is 32.8 Å². The summed E-state index contributed by atoms with van der Waals surface area (Å²) in [6.45, 7) is 3.08. The van der Waals surface area contributed by atoms with Crippen molar-refractivity contribution in [2.45, 2.75) is 19.4 Å². The van der Waals surface area contributed by atoms with Crippen molar-refractivity contribution in [2.24, 2.45) is 0 Å². The van der Waals surface area contributed by atoms with E-state index in [9.17, 15) is 14.3 Å². The first-order chi connectivity index (χ1) is 11.4. The van der Waals surface area contributed by atoms with Gasteiger partial charge in [0.1, 0.15) is 5.82 Å². The molecule has 0 fully saturated rings. The highest BCUT2D eigenvalue weighted by atomic mass is 19.1. The molecule has 0 saturated heterocycles. The minimum atomic E-state index is -0.816. The molecule has 6 heteroatoms. The Labute approximate surface area is 138 Å². The van der Waals surface area contributed by atoms with Crippen LogP contribution in [0.3, 0.4) is 0 Å². The van der Waals surface area contributed by atoms with Crippen molar-refractivity contribution in [3.63, 3.8) is 0 Å². The molecule has 3 rings (SSSR count). The molecule has 2 aromatic heterocycles. The van der Waals surface area contributed by atoms with Crippen LogP contribution in [0.5, 0.6) is 0 Å². The van der Waals surface area contributed by atoms with Gasteiger partial charge >= 0.3 is 0 Å². The molecule has 5 nitrogen and oxygen atoms in total. The molecule has 3 aromatic rings. The molecule has 0 saturated carbocycles. The van der Waals surface area contributed by atoms with Crippen LogP contribution in [0.1, 0.15) is 24.2 Å². The number of carbonyl (C=O) groups is 1. The van der Waals surface area contributed by atoms with Crippen LogP contribution < -0.4 is 5.32 Å². The molecule has 2 N–H and O–H groups in total. The first-order valence-corrected chi connectivity index (χ1v) is 7.57. The van der Waals surface area contributed by atoms with E-state index in [0.29, 0.717) is 11.3 Å². The summed E-state index contributed by atoms with van der Waals surface area (Å²) in [5, 5.41) is 16.2. The zero-order valence-electron chi connectivity index (χ0n) is 13.5. The number of aromatic nitrogens is 2. The maximum atomic E-state index is 14.4. The summed E-state index contributed by atoms with van der Waals surface area (Å²) in [6, 6.07) is 11.9. The molecule has 124 valence electrons. The predicted molar refractivity (Wildman–Crippen MR) is 89.2 cm³/mol. The smallest absolute Gasteiger partial charge is 0.254 e. The van der Waals surface area contributed by atoms with Gasteiger partial charge in [-0.15, -0.1) is 0 Å². The third-order valence-electron chi connectivity index (χ3n) is 3.73.